The number of amides is 1. The maximum Gasteiger partial charge on any atom is 0.328 e. The second-order valence-electron chi connectivity index (χ2n) is 6.84. The van der Waals surface area contributed by atoms with Crippen LogP contribution in [0.15, 0.2) is 0 Å². The van der Waals surface area contributed by atoms with E-state index < -0.39 is 10.9 Å². The van der Waals surface area contributed by atoms with Crippen molar-refractivity contribution in [1.82, 2.24) is 14.7 Å². The fourth-order valence-corrected chi connectivity index (χ4v) is 3.37. The molecule has 0 bridgehead atoms. The molecule has 1 aromatic rings. The van der Waals surface area contributed by atoms with E-state index in [0.29, 0.717) is 24.9 Å². The number of nitro groups is 1. The summed E-state index contributed by atoms with van der Waals surface area (Å²) in [5.74, 6) is -0.00430. The average Bonchev–Trinajstić information content (AvgIpc) is 2.77. The molecule has 9 nitrogen and oxygen atoms in total. The first-order valence-electron chi connectivity index (χ1n) is 8.30. The van der Waals surface area contributed by atoms with Crippen molar-refractivity contribution < 1.29 is 19.2 Å². The van der Waals surface area contributed by atoms with E-state index in [0.717, 1.165) is 6.42 Å². The lowest BCUT2D eigenvalue weighted by atomic mass is 9.92. The van der Waals surface area contributed by atoms with Gasteiger partial charge in [0, 0.05) is 13.1 Å². The summed E-state index contributed by atoms with van der Waals surface area (Å²) in [5.41, 5.74) is 0.410. The van der Waals surface area contributed by atoms with E-state index in [-0.39, 0.29) is 36.1 Å². The van der Waals surface area contributed by atoms with Crippen molar-refractivity contribution in [2.24, 2.45) is 11.8 Å². The van der Waals surface area contributed by atoms with E-state index in [1.165, 1.54) is 18.5 Å². The highest BCUT2D eigenvalue weighted by Gasteiger charge is 2.27. The van der Waals surface area contributed by atoms with Gasteiger partial charge in [-0.2, -0.15) is 5.10 Å². The van der Waals surface area contributed by atoms with Crippen molar-refractivity contribution in [2.75, 3.05) is 19.7 Å². The van der Waals surface area contributed by atoms with Gasteiger partial charge in [0.05, 0.1) is 4.92 Å². The number of piperidine rings is 1. The summed E-state index contributed by atoms with van der Waals surface area (Å²) < 4.78 is 6.26. The summed E-state index contributed by atoms with van der Waals surface area (Å²) in [6.45, 7) is 7.98. The van der Waals surface area contributed by atoms with Crippen LogP contribution in [0.4, 0.5) is 5.69 Å². The topological polar surface area (TPSA) is 108 Å². The number of carbonyl (C=O) groups excluding carboxylic acids is 2. The summed E-state index contributed by atoms with van der Waals surface area (Å²) >= 11 is 0. The van der Waals surface area contributed by atoms with Crippen molar-refractivity contribution in [3.63, 3.8) is 0 Å². The molecule has 25 heavy (non-hydrogen) atoms. The largest absolute Gasteiger partial charge is 0.454 e. The average molecular weight is 352 g/mol. The van der Waals surface area contributed by atoms with E-state index in [4.69, 9.17) is 4.74 Å². The molecule has 1 fully saturated rings. The highest BCUT2D eigenvalue weighted by atomic mass is 16.6. The monoisotopic (exact) mass is 352 g/mol. The molecule has 0 spiro atoms. The number of carbonyl (C=O) groups is 2. The number of rotatable bonds is 5. The van der Waals surface area contributed by atoms with Gasteiger partial charge in [-0.3, -0.25) is 24.4 Å². The number of hydrogen-bond acceptors (Lipinski definition) is 6. The molecule has 0 N–H and O–H groups in total. The van der Waals surface area contributed by atoms with Gasteiger partial charge in [0.25, 0.3) is 5.91 Å². The van der Waals surface area contributed by atoms with Gasteiger partial charge in [-0.1, -0.05) is 13.8 Å². The number of nitrogens with zero attached hydrogens (tertiary/aromatic N) is 4. The fraction of sp³-hybridized carbons (Fsp3) is 0.688. The van der Waals surface area contributed by atoms with E-state index in [1.54, 1.807) is 4.90 Å². The van der Waals surface area contributed by atoms with Gasteiger partial charge in [0.15, 0.2) is 6.61 Å². The summed E-state index contributed by atoms with van der Waals surface area (Å²) in [4.78, 5) is 36.3. The van der Waals surface area contributed by atoms with Crippen molar-refractivity contribution in [1.29, 1.82) is 0 Å². The molecular formula is C16H24N4O5. The molecule has 2 heterocycles. The predicted molar refractivity (Wildman–Crippen MR) is 88.8 cm³/mol. The molecule has 1 aromatic heterocycles. The molecular weight excluding hydrogens is 328 g/mol. The highest BCUT2D eigenvalue weighted by molar-refractivity contribution is 5.80. The second-order valence-corrected chi connectivity index (χ2v) is 6.84. The zero-order valence-electron chi connectivity index (χ0n) is 15.0. The molecule has 1 aliphatic heterocycles. The smallest absolute Gasteiger partial charge is 0.328 e. The van der Waals surface area contributed by atoms with E-state index >= 15 is 0 Å². The number of aryl methyl sites for hydroxylation is 1. The van der Waals surface area contributed by atoms with Gasteiger partial charge >= 0.3 is 11.7 Å². The van der Waals surface area contributed by atoms with E-state index in [2.05, 4.69) is 18.9 Å². The molecule has 0 unspecified atom stereocenters. The molecule has 138 valence electrons. The number of ether oxygens (including phenoxy) is 1. The third-order valence-corrected chi connectivity index (χ3v) is 4.38. The Morgan fingerprint density at radius 1 is 1.28 bits per heavy atom. The van der Waals surface area contributed by atoms with Crippen LogP contribution in [-0.4, -0.2) is 51.2 Å². The Kier molecular flexibility index (Phi) is 5.76. The van der Waals surface area contributed by atoms with Gasteiger partial charge < -0.3 is 9.64 Å². The normalized spacial score (nSPS) is 20.4. The van der Waals surface area contributed by atoms with E-state index in [9.17, 15) is 19.7 Å². The maximum atomic E-state index is 12.2. The zero-order valence-corrected chi connectivity index (χ0v) is 15.0. The molecule has 0 saturated carbocycles. The number of aromatic nitrogens is 2. The van der Waals surface area contributed by atoms with Gasteiger partial charge in [-0.25, -0.2) is 0 Å². The van der Waals surface area contributed by atoms with Crippen LogP contribution in [0.5, 0.6) is 0 Å². The van der Waals surface area contributed by atoms with Crippen LogP contribution in [-0.2, 0) is 20.9 Å². The Balaban J connectivity index is 1.90. The van der Waals surface area contributed by atoms with Crippen LogP contribution >= 0.6 is 0 Å². The second kappa shape index (κ2) is 7.62. The summed E-state index contributed by atoms with van der Waals surface area (Å²) in [7, 11) is 0. The zero-order chi connectivity index (χ0) is 18.7. The van der Waals surface area contributed by atoms with E-state index in [1.807, 2.05) is 0 Å². The Hall–Kier alpha value is -2.45. The minimum absolute atomic E-state index is 0.111. The lowest BCUT2D eigenvalue weighted by molar-refractivity contribution is -0.386. The number of esters is 1. The quantitative estimate of drug-likeness (QED) is 0.451. The molecule has 1 saturated heterocycles. The van der Waals surface area contributed by atoms with Gasteiger partial charge in [0.1, 0.15) is 17.9 Å². The Bertz CT molecular complexity index is 674. The molecule has 2 atom stereocenters. The predicted octanol–water partition coefficient (Wildman–Crippen LogP) is 1.46. The maximum absolute atomic E-state index is 12.2. The third kappa shape index (κ3) is 4.55. The standard InChI is InChI=1S/C16H24N4O5/c1-10-5-11(2)7-18(6-10)14(21)9-25-15(22)8-19-13(4)16(20(23)24)12(3)17-19/h10-11H,5-9H2,1-4H3/t10-,11-/m0/s1. The lowest BCUT2D eigenvalue weighted by Crippen LogP contribution is -2.44. The van der Waals surface area contributed by atoms with Gasteiger partial charge in [-0.05, 0) is 32.1 Å². The highest BCUT2D eigenvalue weighted by Crippen LogP contribution is 2.22. The van der Waals surface area contributed by atoms with Gasteiger partial charge in [-0.15, -0.1) is 0 Å². The molecule has 1 amide bonds. The first-order chi connectivity index (χ1) is 11.7. The first kappa shape index (κ1) is 18.9. The van der Waals surface area contributed by atoms with Gasteiger partial charge in [0.2, 0.25) is 0 Å². The van der Waals surface area contributed by atoms with Crippen LogP contribution in [0.3, 0.4) is 0 Å². The minimum Gasteiger partial charge on any atom is -0.454 e. The summed E-state index contributed by atoms with van der Waals surface area (Å²) in [6.07, 6.45) is 1.08. The van der Waals surface area contributed by atoms with Crippen molar-refractivity contribution in [3.8, 4) is 0 Å². The molecule has 0 aliphatic carbocycles. The molecule has 9 heteroatoms. The molecule has 2 rings (SSSR count). The minimum atomic E-state index is -0.646. The molecule has 0 radical (unpaired) electrons. The summed E-state index contributed by atoms with van der Waals surface area (Å²) in [5, 5.41) is 15.0. The van der Waals surface area contributed by atoms with Crippen molar-refractivity contribution >= 4 is 17.6 Å². The van der Waals surface area contributed by atoms with Crippen LogP contribution in [0.2, 0.25) is 0 Å². The Morgan fingerprint density at radius 2 is 1.88 bits per heavy atom. The third-order valence-electron chi connectivity index (χ3n) is 4.38. The van der Waals surface area contributed by atoms with Crippen molar-refractivity contribution in [2.45, 2.75) is 40.7 Å². The molecule has 0 aromatic carbocycles. The number of hydrogen-bond donors (Lipinski definition) is 0. The van der Waals surface area contributed by atoms with Crippen LogP contribution < -0.4 is 0 Å². The van der Waals surface area contributed by atoms with Crippen LogP contribution in [0.25, 0.3) is 0 Å². The number of likely N-dealkylation sites (tertiary alicyclic amines) is 1. The Morgan fingerprint density at radius 3 is 2.40 bits per heavy atom. The lowest BCUT2D eigenvalue weighted by Gasteiger charge is -2.34. The molecule has 1 aliphatic rings. The summed E-state index contributed by atoms with van der Waals surface area (Å²) in [6, 6.07) is 0. The van der Waals surface area contributed by atoms with Crippen LogP contribution in [0, 0.1) is 35.8 Å². The first-order valence-corrected chi connectivity index (χ1v) is 8.30. The van der Waals surface area contributed by atoms with Crippen LogP contribution in [0.1, 0.15) is 31.7 Å². The Labute approximate surface area is 146 Å². The fourth-order valence-electron chi connectivity index (χ4n) is 3.37. The SMILES string of the molecule is Cc1nn(CC(=O)OCC(=O)N2C[C@@H](C)C[C@H](C)C2)c(C)c1[N+](=O)[O-]. The van der Waals surface area contributed by atoms with Crippen molar-refractivity contribution in [3.05, 3.63) is 21.5 Å².